The van der Waals surface area contributed by atoms with Gasteiger partial charge in [-0.05, 0) is 136 Å². The van der Waals surface area contributed by atoms with E-state index in [9.17, 15) is 9.90 Å². The summed E-state index contributed by atoms with van der Waals surface area (Å²) in [6, 6.07) is 6.26. The zero-order valence-corrected chi connectivity index (χ0v) is 23.2. The molecule has 5 heteroatoms. The molecule has 0 aliphatic heterocycles. The van der Waals surface area contributed by atoms with Crippen molar-refractivity contribution in [3.63, 3.8) is 0 Å². The van der Waals surface area contributed by atoms with Crippen molar-refractivity contribution in [3.8, 4) is 0 Å². The number of nitrogens with two attached hydrogens (primary N) is 1. The molecule has 10 atom stereocenters. The van der Waals surface area contributed by atoms with Crippen LogP contribution in [0.1, 0.15) is 97.0 Å². The van der Waals surface area contributed by atoms with Crippen molar-refractivity contribution in [1.29, 1.82) is 0 Å². The average Bonchev–Trinajstić information content (AvgIpc) is 3.43. The molecule has 0 saturated heterocycles. The highest BCUT2D eigenvalue weighted by molar-refractivity contribution is 6.03. The number of carbonyl (C=O) groups is 1. The standard InChI is InChI=1S/C32H47N3O2/c1-18(33)30(37)35-29-17-34-28-10-5-20(16-24(28)29)21-11-13-31(3)22(15-21)6-7-23-26-9-8-25(19(2)36)32(26,4)14-12-27(23)31/h5,10,16-19,21-23,25-27,34,36H,6-9,11-15,33H2,1-4H3,(H,35,37)/t18-,19?,21?,22?,23-,25+,26-,27-,31-,32+/m0/s1. The van der Waals surface area contributed by atoms with Gasteiger partial charge in [0.1, 0.15) is 0 Å². The van der Waals surface area contributed by atoms with Crippen LogP contribution in [0.15, 0.2) is 24.4 Å². The van der Waals surface area contributed by atoms with Crippen LogP contribution in [0.2, 0.25) is 0 Å². The lowest BCUT2D eigenvalue weighted by Gasteiger charge is -2.61. The van der Waals surface area contributed by atoms with E-state index in [0.717, 1.165) is 40.3 Å². The van der Waals surface area contributed by atoms with E-state index in [1.54, 1.807) is 6.92 Å². The van der Waals surface area contributed by atoms with Crippen LogP contribution in [0.4, 0.5) is 5.69 Å². The molecular formula is C32H47N3O2. The maximum atomic E-state index is 12.2. The molecule has 4 fully saturated rings. The number of hydrogen-bond donors (Lipinski definition) is 4. The van der Waals surface area contributed by atoms with Gasteiger partial charge in [-0.25, -0.2) is 0 Å². The van der Waals surface area contributed by atoms with Gasteiger partial charge in [-0.1, -0.05) is 19.9 Å². The minimum absolute atomic E-state index is 0.151. The molecule has 1 aromatic heterocycles. The first-order chi connectivity index (χ1) is 17.6. The first-order valence-electron chi connectivity index (χ1n) is 15.0. The number of anilines is 1. The monoisotopic (exact) mass is 505 g/mol. The van der Waals surface area contributed by atoms with Gasteiger partial charge >= 0.3 is 0 Å². The maximum absolute atomic E-state index is 12.2. The fourth-order valence-corrected chi connectivity index (χ4v) is 10.1. The van der Waals surface area contributed by atoms with Crippen molar-refractivity contribution in [1.82, 2.24) is 4.98 Å². The van der Waals surface area contributed by atoms with Crippen LogP contribution in [0, 0.1) is 40.4 Å². The van der Waals surface area contributed by atoms with Gasteiger partial charge in [-0.3, -0.25) is 4.79 Å². The van der Waals surface area contributed by atoms with Crippen LogP contribution in [0.5, 0.6) is 0 Å². The van der Waals surface area contributed by atoms with Crippen molar-refractivity contribution in [2.24, 2.45) is 46.2 Å². The zero-order chi connectivity index (χ0) is 26.1. The molecule has 1 heterocycles. The Morgan fingerprint density at radius 2 is 1.81 bits per heavy atom. The Kier molecular flexibility index (Phi) is 6.27. The Balaban J connectivity index is 1.20. The molecule has 4 aliphatic carbocycles. The number of aliphatic hydroxyl groups is 1. The summed E-state index contributed by atoms with van der Waals surface area (Å²) < 4.78 is 0. The molecule has 0 spiro atoms. The van der Waals surface area contributed by atoms with E-state index < -0.39 is 6.04 Å². The maximum Gasteiger partial charge on any atom is 0.241 e. The quantitative estimate of drug-likeness (QED) is 0.378. The number of hydrogen-bond acceptors (Lipinski definition) is 3. The second-order valence-electron chi connectivity index (χ2n) is 13.9. The zero-order valence-electron chi connectivity index (χ0n) is 23.2. The average molecular weight is 506 g/mol. The number of H-pyrrole nitrogens is 1. The second-order valence-corrected chi connectivity index (χ2v) is 13.9. The van der Waals surface area contributed by atoms with Gasteiger partial charge in [-0.15, -0.1) is 0 Å². The van der Waals surface area contributed by atoms with Gasteiger partial charge in [0.15, 0.2) is 0 Å². The van der Waals surface area contributed by atoms with Crippen molar-refractivity contribution in [2.75, 3.05) is 5.32 Å². The van der Waals surface area contributed by atoms with Gasteiger partial charge in [0.2, 0.25) is 5.91 Å². The molecule has 4 aliphatic rings. The number of aromatic amines is 1. The number of carbonyl (C=O) groups excluding carboxylic acids is 1. The lowest BCUT2D eigenvalue weighted by molar-refractivity contribution is -0.120. The van der Waals surface area contributed by atoms with Crippen LogP contribution in [0.3, 0.4) is 0 Å². The van der Waals surface area contributed by atoms with Crippen molar-refractivity contribution in [3.05, 3.63) is 30.0 Å². The van der Waals surface area contributed by atoms with E-state index in [1.807, 2.05) is 13.1 Å². The first kappa shape index (κ1) is 25.4. The number of nitrogens with one attached hydrogen (secondary N) is 2. The summed E-state index contributed by atoms with van der Waals surface area (Å²) in [6.07, 6.45) is 13.5. The molecule has 0 bridgehead atoms. The van der Waals surface area contributed by atoms with Crippen LogP contribution in [-0.4, -0.2) is 28.1 Å². The van der Waals surface area contributed by atoms with Crippen LogP contribution >= 0.6 is 0 Å². The Labute approximate surface area is 222 Å². The topological polar surface area (TPSA) is 91.1 Å². The number of fused-ring (bicyclic) bond motifs is 6. The third-order valence-corrected chi connectivity index (χ3v) is 12.2. The second kappa shape index (κ2) is 9.12. The lowest BCUT2D eigenvalue weighted by atomic mass is 9.44. The number of benzene rings is 1. The summed E-state index contributed by atoms with van der Waals surface area (Å²) in [4.78, 5) is 15.5. The predicted molar refractivity (Wildman–Crippen MR) is 150 cm³/mol. The Bertz CT molecular complexity index is 1170. The SMILES string of the molecule is CC(O)[C@H]1CC[C@H]2[C@@H]3CCC4CC(c5ccc6[nH]cc(NC(=O)[C@H](C)N)c6c5)CC[C@]4(C)[C@H]3CC[C@]12C. The molecule has 5 N–H and O–H groups in total. The van der Waals surface area contributed by atoms with Gasteiger partial charge < -0.3 is 21.1 Å². The van der Waals surface area contributed by atoms with Crippen LogP contribution < -0.4 is 11.1 Å². The van der Waals surface area contributed by atoms with E-state index in [-0.39, 0.29) is 12.0 Å². The summed E-state index contributed by atoms with van der Waals surface area (Å²) in [5, 5.41) is 14.6. The molecule has 1 aromatic carbocycles. The normalized spacial score (nSPS) is 40.9. The number of aromatic nitrogens is 1. The van der Waals surface area contributed by atoms with E-state index in [4.69, 9.17) is 5.73 Å². The van der Waals surface area contributed by atoms with E-state index in [0.29, 0.717) is 22.7 Å². The molecule has 1 amide bonds. The summed E-state index contributed by atoms with van der Waals surface area (Å²) in [5.74, 6) is 4.24. The molecule has 6 rings (SSSR count). The van der Waals surface area contributed by atoms with E-state index in [1.165, 1.54) is 63.4 Å². The fourth-order valence-electron chi connectivity index (χ4n) is 10.1. The van der Waals surface area contributed by atoms with E-state index >= 15 is 0 Å². The molecule has 202 valence electrons. The van der Waals surface area contributed by atoms with Crippen molar-refractivity contribution >= 4 is 22.5 Å². The molecule has 3 unspecified atom stereocenters. The third-order valence-electron chi connectivity index (χ3n) is 12.2. The van der Waals surface area contributed by atoms with Gasteiger partial charge in [0.05, 0.1) is 17.8 Å². The molecule has 37 heavy (non-hydrogen) atoms. The van der Waals surface area contributed by atoms with Gasteiger partial charge in [0, 0.05) is 17.1 Å². The lowest BCUT2D eigenvalue weighted by Crippen LogP contribution is -2.53. The van der Waals surface area contributed by atoms with Crippen LogP contribution in [0.25, 0.3) is 10.9 Å². The smallest absolute Gasteiger partial charge is 0.241 e. The van der Waals surface area contributed by atoms with E-state index in [2.05, 4.69) is 42.3 Å². The fraction of sp³-hybridized carbons (Fsp3) is 0.719. The van der Waals surface area contributed by atoms with Crippen molar-refractivity contribution in [2.45, 2.75) is 104 Å². The van der Waals surface area contributed by atoms with Gasteiger partial charge in [0.25, 0.3) is 0 Å². The highest BCUT2D eigenvalue weighted by atomic mass is 16.3. The minimum Gasteiger partial charge on any atom is -0.393 e. The summed E-state index contributed by atoms with van der Waals surface area (Å²) in [6.45, 7) is 8.91. The Morgan fingerprint density at radius 3 is 2.57 bits per heavy atom. The molecular weight excluding hydrogens is 458 g/mol. The first-order valence-corrected chi connectivity index (χ1v) is 15.0. The van der Waals surface area contributed by atoms with Gasteiger partial charge in [-0.2, -0.15) is 0 Å². The summed E-state index contributed by atoms with van der Waals surface area (Å²) >= 11 is 0. The number of rotatable bonds is 4. The number of amides is 1. The number of aliphatic hydroxyl groups excluding tert-OH is 1. The largest absolute Gasteiger partial charge is 0.393 e. The molecule has 5 nitrogen and oxygen atoms in total. The predicted octanol–water partition coefficient (Wildman–Crippen LogP) is 6.58. The summed E-state index contributed by atoms with van der Waals surface area (Å²) in [5.41, 5.74) is 9.89. The van der Waals surface area contributed by atoms with Crippen molar-refractivity contribution < 1.29 is 9.90 Å². The highest BCUT2D eigenvalue weighted by Crippen LogP contribution is 2.68. The summed E-state index contributed by atoms with van der Waals surface area (Å²) in [7, 11) is 0. The Hall–Kier alpha value is -1.85. The molecule has 2 aromatic rings. The molecule has 0 radical (unpaired) electrons. The van der Waals surface area contributed by atoms with Crippen LogP contribution in [-0.2, 0) is 4.79 Å². The Morgan fingerprint density at radius 1 is 1.05 bits per heavy atom. The minimum atomic E-state index is -0.529. The molecule has 4 saturated carbocycles. The third kappa shape index (κ3) is 3.98. The highest BCUT2D eigenvalue weighted by Gasteiger charge is 2.60.